The molecule has 1 saturated heterocycles. The minimum absolute atomic E-state index is 0.0287. The van der Waals surface area contributed by atoms with E-state index in [0.29, 0.717) is 0 Å². The fourth-order valence-corrected chi connectivity index (χ4v) is 4.55. The number of rotatable bonds is 3. The first-order valence-corrected chi connectivity index (χ1v) is 9.08. The molecule has 1 amide bonds. The molecule has 2 heterocycles. The summed E-state index contributed by atoms with van der Waals surface area (Å²) in [5.41, 5.74) is 3.38. The van der Waals surface area contributed by atoms with Gasteiger partial charge < -0.3 is 10.2 Å². The van der Waals surface area contributed by atoms with Crippen molar-refractivity contribution in [1.29, 1.82) is 0 Å². The summed E-state index contributed by atoms with van der Waals surface area (Å²) < 4.78 is 0. The van der Waals surface area contributed by atoms with Crippen molar-refractivity contribution < 1.29 is 4.79 Å². The predicted molar refractivity (Wildman–Crippen MR) is 96.3 cm³/mol. The molecule has 1 fully saturated rings. The van der Waals surface area contributed by atoms with Crippen molar-refractivity contribution in [1.82, 2.24) is 0 Å². The Morgan fingerprint density at radius 2 is 1.78 bits per heavy atom. The van der Waals surface area contributed by atoms with E-state index in [4.69, 9.17) is 0 Å². The Kier molecular flexibility index (Phi) is 4.00. The van der Waals surface area contributed by atoms with Crippen LogP contribution in [0.4, 0.5) is 11.4 Å². The normalized spacial score (nSPS) is 19.7. The first-order valence-electron chi connectivity index (χ1n) is 8.21. The fourth-order valence-electron chi connectivity index (χ4n) is 3.35. The lowest BCUT2D eigenvalue weighted by atomic mass is 10.1. The SMILES string of the molecule is O=C(Nc1ccccc1N1CCCC1)C1Cc2ccccc2S1. The van der Waals surface area contributed by atoms with Gasteiger partial charge in [-0.25, -0.2) is 0 Å². The molecule has 4 heteroatoms. The molecule has 0 saturated carbocycles. The zero-order valence-corrected chi connectivity index (χ0v) is 13.8. The van der Waals surface area contributed by atoms with Crippen LogP contribution in [0.15, 0.2) is 53.4 Å². The third kappa shape index (κ3) is 2.95. The number of benzene rings is 2. The molecule has 2 aromatic rings. The second kappa shape index (κ2) is 6.28. The summed E-state index contributed by atoms with van der Waals surface area (Å²) in [6.45, 7) is 2.16. The van der Waals surface area contributed by atoms with Crippen LogP contribution >= 0.6 is 11.8 Å². The Morgan fingerprint density at radius 3 is 2.61 bits per heavy atom. The number of hydrogen-bond acceptors (Lipinski definition) is 3. The highest BCUT2D eigenvalue weighted by molar-refractivity contribution is 8.01. The third-order valence-electron chi connectivity index (χ3n) is 4.55. The monoisotopic (exact) mass is 324 g/mol. The van der Waals surface area contributed by atoms with E-state index in [1.165, 1.54) is 23.3 Å². The van der Waals surface area contributed by atoms with Crippen LogP contribution in [0.1, 0.15) is 18.4 Å². The van der Waals surface area contributed by atoms with E-state index in [2.05, 4.69) is 28.4 Å². The molecule has 0 aromatic heterocycles. The smallest absolute Gasteiger partial charge is 0.238 e. The zero-order valence-electron chi connectivity index (χ0n) is 13.0. The number of fused-ring (bicyclic) bond motifs is 1. The van der Waals surface area contributed by atoms with Gasteiger partial charge in [-0.1, -0.05) is 30.3 Å². The first-order chi connectivity index (χ1) is 11.3. The summed E-state index contributed by atoms with van der Waals surface area (Å²) in [7, 11) is 0. The quantitative estimate of drug-likeness (QED) is 0.928. The van der Waals surface area contributed by atoms with Crippen molar-refractivity contribution in [2.75, 3.05) is 23.3 Å². The van der Waals surface area contributed by atoms with Gasteiger partial charge in [0.05, 0.1) is 16.6 Å². The van der Waals surface area contributed by atoms with E-state index in [-0.39, 0.29) is 11.2 Å². The molecule has 0 bridgehead atoms. The van der Waals surface area contributed by atoms with E-state index >= 15 is 0 Å². The van der Waals surface area contributed by atoms with Crippen LogP contribution in [0.2, 0.25) is 0 Å². The molecule has 1 atom stereocenters. The Bertz CT molecular complexity index is 700. The molecule has 118 valence electrons. The summed E-state index contributed by atoms with van der Waals surface area (Å²) in [5.74, 6) is 0.109. The third-order valence-corrected chi connectivity index (χ3v) is 5.87. The molecule has 1 N–H and O–H groups in total. The lowest BCUT2D eigenvalue weighted by molar-refractivity contribution is -0.115. The highest BCUT2D eigenvalue weighted by Gasteiger charge is 2.28. The van der Waals surface area contributed by atoms with Crippen LogP contribution in [-0.2, 0) is 11.2 Å². The summed E-state index contributed by atoms with van der Waals surface area (Å²) in [4.78, 5) is 16.3. The number of para-hydroxylation sites is 2. The van der Waals surface area contributed by atoms with E-state index in [1.807, 2.05) is 30.3 Å². The molecule has 23 heavy (non-hydrogen) atoms. The van der Waals surface area contributed by atoms with Gasteiger partial charge in [-0.15, -0.1) is 11.8 Å². The molecule has 0 aliphatic carbocycles. The molecule has 0 radical (unpaired) electrons. The summed E-state index contributed by atoms with van der Waals surface area (Å²) in [6, 6.07) is 16.5. The molecule has 4 rings (SSSR count). The number of carbonyl (C=O) groups excluding carboxylic acids is 1. The van der Waals surface area contributed by atoms with E-state index in [9.17, 15) is 4.79 Å². The largest absolute Gasteiger partial charge is 0.370 e. The number of thioether (sulfide) groups is 1. The minimum Gasteiger partial charge on any atom is -0.370 e. The maximum Gasteiger partial charge on any atom is 0.238 e. The maximum atomic E-state index is 12.7. The minimum atomic E-state index is -0.0287. The summed E-state index contributed by atoms with van der Waals surface area (Å²) in [6.07, 6.45) is 3.28. The molecule has 0 spiro atoms. The average molecular weight is 324 g/mol. The Morgan fingerprint density at radius 1 is 1.04 bits per heavy atom. The van der Waals surface area contributed by atoms with Gasteiger partial charge in [-0.2, -0.15) is 0 Å². The van der Waals surface area contributed by atoms with Crippen LogP contribution in [0.5, 0.6) is 0 Å². The maximum absolute atomic E-state index is 12.7. The molecule has 1 unspecified atom stereocenters. The Balaban J connectivity index is 1.50. The second-order valence-electron chi connectivity index (χ2n) is 6.12. The predicted octanol–water partition coefficient (Wildman–Crippen LogP) is 3.94. The van der Waals surface area contributed by atoms with Crippen molar-refractivity contribution in [3.05, 3.63) is 54.1 Å². The Labute approximate surface area is 141 Å². The van der Waals surface area contributed by atoms with Gasteiger partial charge in [-0.05, 0) is 43.0 Å². The lowest BCUT2D eigenvalue weighted by Crippen LogP contribution is -2.26. The highest BCUT2D eigenvalue weighted by Crippen LogP contribution is 2.38. The first kappa shape index (κ1) is 14.6. The van der Waals surface area contributed by atoms with Gasteiger partial charge in [0.25, 0.3) is 0 Å². The van der Waals surface area contributed by atoms with Crippen molar-refractivity contribution in [2.45, 2.75) is 29.4 Å². The summed E-state index contributed by atoms with van der Waals surface area (Å²) in [5, 5.41) is 3.13. The zero-order chi connectivity index (χ0) is 15.6. The van der Waals surface area contributed by atoms with Crippen LogP contribution in [-0.4, -0.2) is 24.2 Å². The molecular weight excluding hydrogens is 304 g/mol. The molecule has 2 aromatic carbocycles. The summed E-state index contributed by atoms with van der Waals surface area (Å²) >= 11 is 1.68. The number of carbonyl (C=O) groups is 1. The molecule has 3 nitrogen and oxygen atoms in total. The standard InChI is InChI=1S/C19H20N2OS/c22-19(18-13-14-7-1-4-10-17(14)23-18)20-15-8-2-3-9-16(15)21-11-5-6-12-21/h1-4,7-10,18H,5-6,11-13H2,(H,20,22). The van der Waals surface area contributed by atoms with Gasteiger partial charge in [0.15, 0.2) is 0 Å². The lowest BCUT2D eigenvalue weighted by Gasteiger charge is -2.22. The van der Waals surface area contributed by atoms with Crippen LogP contribution in [0, 0.1) is 0 Å². The van der Waals surface area contributed by atoms with Crippen molar-refractivity contribution in [2.24, 2.45) is 0 Å². The number of anilines is 2. The Hall–Kier alpha value is -1.94. The van der Waals surface area contributed by atoms with Crippen LogP contribution in [0.25, 0.3) is 0 Å². The van der Waals surface area contributed by atoms with Gasteiger partial charge in [0.2, 0.25) is 5.91 Å². The topological polar surface area (TPSA) is 32.3 Å². The van der Waals surface area contributed by atoms with Crippen molar-refractivity contribution >= 4 is 29.0 Å². The van der Waals surface area contributed by atoms with Gasteiger partial charge in [-0.3, -0.25) is 4.79 Å². The number of amides is 1. The number of hydrogen-bond donors (Lipinski definition) is 1. The van der Waals surface area contributed by atoms with Gasteiger partial charge >= 0.3 is 0 Å². The number of nitrogens with zero attached hydrogens (tertiary/aromatic N) is 1. The van der Waals surface area contributed by atoms with Crippen LogP contribution in [0.3, 0.4) is 0 Å². The highest BCUT2D eigenvalue weighted by atomic mass is 32.2. The van der Waals surface area contributed by atoms with Crippen LogP contribution < -0.4 is 10.2 Å². The van der Waals surface area contributed by atoms with E-state index in [0.717, 1.165) is 30.9 Å². The van der Waals surface area contributed by atoms with Crippen molar-refractivity contribution in [3.63, 3.8) is 0 Å². The van der Waals surface area contributed by atoms with Crippen molar-refractivity contribution in [3.8, 4) is 0 Å². The molecule has 2 aliphatic heterocycles. The van der Waals surface area contributed by atoms with Gasteiger partial charge in [0.1, 0.15) is 0 Å². The average Bonchev–Trinajstić information content (AvgIpc) is 3.25. The van der Waals surface area contributed by atoms with E-state index in [1.54, 1.807) is 11.8 Å². The number of nitrogens with one attached hydrogen (secondary N) is 1. The van der Waals surface area contributed by atoms with E-state index < -0.39 is 0 Å². The molecule has 2 aliphatic rings. The fraction of sp³-hybridized carbons (Fsp3) is 0.316. The molecular formula is C19H20N2OS. The van der Waals surface area contributed by atoms with Gasteiger partial charge in [0, 0.05) is 18.0 Å². The second-order valence-corrected chi connectivity index (χ2v) is 7.36.